The van der Waals surface area contributed by atoms with Gasteiger partial charge in [0, 0.05) is 7.05 Å². The molecule has 0 heterocycles. The van der Waals surface area contributed by atoms with Gasteiger partial charge < -0.3 is 22.8 Å². The molecular weight excluding hydrogens is 478 g/mol. The maximum absolute atomic E-state index is 14.2. The third kappa shape index (κ3) is 10.2. The van der Waals surface area contributed by atoms with Crippen LogP contribution in [0, 0.1) is 0 Å². The highest BCUT2D eigenvalue weighted by Gasteiger charge is 2.53. The van der Waals surface area contributed by atoms with E-state index >= 15 is 0 Å². The number of ether oxygens (including phenoxy) is 1. The van der Waals surface area contributed by atoms with Crippen LogP contribution in [0.25, 0.3) is 0 Å². The summed E-state index contributed by atoms with van der Waals surface area (Å²) >= 11 is 0. The van der Waals surface area contributed by atoms with Gasteiger partial charge in [-0.25, -0.2) is 0 Å². The summed E-state index contributed by atoms with van der Waals surface area (Å²) in [4.78, 5) is 0. The van der Waals surface area contributed by atoms with Crippen molar-refractivity contribution in [3.05, 3.63) is 29.8 Å². The van der Waals surface area contributed by atoms with Crippen LogP contribution in [-0.2, 0) is 27.2 Å². The van der Waals surface area contributed by atoms with Crippen molar-refractivity contribution >= 4 is 21.4 Å². The number of hydrogen-bond acceptors (Lipinski definition) is 9. The molecule has 0 radical (unpaired) electrons. The van der Waals surface area contributed by atoms with E-state index in [0.717, 1.165) is 11.3 Å². The van der Waals surface area contributed by atoms with Gasteiger partial charge >= 0.3 is 15.2 Å². The Bertz CT molecular complexity index is 791. The number of benzene rings is 1. The second-order valence-electron chi connectivity index (χ2n) is 9.03. The first-order valence-corrected chi connectivity index (χ1v) is 14.7. The molecule has 1 rings (SSSR count). The number of nitrogens with zero attached hydrogens (tertiary/aromatic N) is 2. The van der Waals surface area contributed by atoms with Crippen molar-refractivity contribution in [2.75, 3.05) is 20.7 Å². The standard InChI is InChI=1S/C23H42N2O7P2/c1-17(2)29-33(26,30-18(3)4)23(34(27,31-19(5)6)32-20(7)8)16-25(9)24-15-21-11-13-22(28-10)14-12-21/h11-15,17-20,23H,16H2,1-10H3/b24-15+. The zero-order chi connectivity index (χ0) is 26.1. The Kier molecular flexibility index (Phi) is 12.5. The lowest BCUT2D eigenvalue weighted by Gasteiger charge is -2.36. The van der Waals surface area contributed by atoms with Crippen molar-refractivity contribution in [2.45, 2.75) is 85.2 Å². The van der Waals surface area contributed by atoms with E-state index in [9.17, 15) is 9.13 Å². The molecule has 1 aromatic carbocycles. The average Bonchev–Trinajstić information content (AvgIpc) is 2.68. The molecule has 34 heavy (non-hydrogen) atoms. The molecule has 0 aliphatic carbocycles. The maximum Gasteiger partial charge on any atom is 0.348 e. The minimum atomic E-state index is -3.98. The first kappa shape index (κ1) is 30.8. The van der Waals surface area contributed by atoms with Crippen molar-refractivity contribution in [3.8, 4) is 5.75 Å². The van der Waals surface area contributed by atoms with E-state index in [0.29, 0.717) is 0 Å². The molecule has 0 N–H and O–H groups in total. The summed E-state index contributed by atoms with van der Waals surface area (Å²) in [7, 11) is -4.67. The molecule has 11 heteroatoms. The molecule has 0 spiro atoms. The van der Waals surface area contributed by atoms with Crippen LogP contribution in [-0.4, -0.2) is 61.7 Å². The van der Waals surface area contributed by atoms with Gasteiger partial charge in [0.2, 0.25) is 0 Å². The first-order chi connectivity index (χ1) is 15.7. The van der Waals surface area contributed by atoms with Gasteiger partial charge in [-0.05, 0) is 85.2 Å². The van der Waals surface area contributed by atoms with Gasteiger partial charge in [-0.1, -0.05) is 0 Å². The summed E-state index contributed by atoms with van der Waals surface area (Å²) < 4.78 is 56.8. The predicted octanol–water partition coefficient (Wildman–Crippen LogP) is 6.37. The summed E-state index contributed by atoms with van der Waals surface area (Å²) in [5, 5.41) is 4.76. The van der Waals surface area contributed by atoms with Crippen LogP contribution in [0.15, 0.2) is 29.4 Å². The van der Waals surface area contributed by atoms with Crippen LogP contribution < -0.4 is 4.74 Å². The second-order valence-corrected chi connectivity index (χ2v) is 13.7. The molecule has 0 saturated carbocycles. The molecule has 0 atom stereocenters. The van der Waals surface area contributed by atoms with Crippen LogP contribution >= 0.6 is 15.2 Å². The van der Waals surface area contributed by atoms with Gasteiger partial charge in [0.25, 0.3) is 0 Å². The number of rotatable bonds is 15. The molecule has 0 unspecified atom stereocenters. The van der Waals surface area contributed by atoms with Crippen LogP contribution in [0.5, 0.6) is 5.75 Å². The Balaban J connectivity index is 3.41. The topological polar surface area (TPSA) is 95.9 Å². The normalized spacial score (nSPS) is 13.3. The third-order valence-corrected chi connectivity index (χ3v) is 10.5. The third-order valence-electron chi connectivity index (χ3n) is 4.11. The summed E-state index contributed by atoms with van der Waals surface area (Å²) in [5.41, 5.74) is 0.837. The molecule has 0 saturated heterocycles. The van der Waals surface area contributed by atoms with Gasteiger partial charge in [-0.15, -0.1) is 0 Å². The van der Waals surface area contributed by atoms with Gasteiger partial charge in [0.15, 0.2) is 5.40 Å². The Morgan fingerprint density at radius 1 is 0.794 bits per heavy atom. The summed E-state index contributed by atoms with van der Waals surface area (Å²) in [6.45, 7) is 13.9. The molecule has 0 aliphatic heterocycles. The second kappa shape index (κ2) is 13.8. The Morgan fingerprint density at radius 3 is 1.50 bits per heavy atom. The highest BCUT2D eigenvalue weighted by Crippen LogP contribution is 2.71. The summed E-state index contributed by atoms with van der Waals surface area (Å²) in [5.74, 6) is 0.737. The lowest BCUT2D eigenvalue weighted by molar-refractivity contribution is 0.118. The average molecular weight is 521 g/mol. The summed E-state index contributed by atoms with van der Waals surface area (Å²) in [6, 6.07) is 7.37. The number of hydrazone groups is 1. The fourth-order valence-corrected chi connectivity index (χ4v) is 8.94. The van der Waals surface area contributed by atoms with Gasteiger partial charge in [-0.2, -0.15) is 5.10 Å². The smallest absolute Gasteiger partial charge is 0.348 e. The van der Waals surface area contributed by atoms with E-state index in [4.69, 9.17) is 22.8 Å². The van der Waals surface area contributed by atoms with Crippen molar-refractivity contribution in [2.24, 2.45) is 5.10 Å². The van der Waals surface area contributed by atoms with Crippen molar-refractivity contribution in [1.29, 1.82) is 0 Å². The zero-order valence-corrected chi connectivity index (χ0v) is 23.9. The lowest BCUT2D eigenvalue weighted by atomic mass is 10.2. The van der Waals surface area contributed by atoms with E-state index in [2.05, 4.69) is 5.10 Å². The van der Waals surface area contributed by atoms with Gasteiger partial charge in [0.05, 0.1) is 44.3 Å². The maximum atomic E-state index is 14.2. The quantitative estimate of drug-likeness (QED) is 0.149. The van der Waals surface area contributed by atoms with Crippen LogP contribution in [0.1, 0.15) is 61.0 Å². The Morgan fingerprint density at radius 2 is 1.18 bits per heavy atom. The first-order valence-electron chi connectivity index (χ1n) is 11.5. The molecule has 0 aliphatic rings. The Hall–Kier alpha value is -1.21. The van der Waals surface area contributed by atoms with Gasteiger partial charge in [-0.3, -0.25) is 14.1 Å². The van der Waals surface area contributed by atoms with Crippen molar-refractivity contribution < 1.29 is 32.0 Å². The molecule has 9 nitrogen and oxygen atoms in total. The zero-order valence-electron chi connectivity index (χ0n) is 22.1. The lowest BCUT2D eigenvalue weighted by Crippen LogP contribution is -2.31. The molecule has 1 aromatic rings. The molecule has 0 fully saturated rings. The van der Waals surface area contributed by atoms with E-state index in [1.54, 1.807) is 75.8 Å². The monoisotopic (exact) mass is 520 g/mol. The molecule has 0 amide bonds. The highest BCUT2D eigenvalue weighted by molar-refractivity contribution is 7.72. The van der Waals surface area contributed by atoms with Crippen molar-refractivity contribution in [1.82, 2.24) is 5.01 Å². The largest absolute Gasteiger partial charge is 0.497 e. The van der Waals surface area contributed by atoms with Crippen molar-refractivity contribution in [3.63, 3.8) is 0 Å². The summed E-state index contributed by atoms with van der Waals surface area (Å²) in [6.07, 6.45) is -0.108. The fraction of sp³-hybridized carbons (Fsp3) is 0.696. The minimum absolute atomic E-state index is 0.0416. The molecule has 196 valence electrons. The minimum Gasteiger partial charge on any atom is -0.497 e. The van der Waals surface area contributed by atoms with Gasteiger partial charge in [0.1, 0.15) is 5.75 Å². The van der Waals surface area contributed by atoms with Crippen LogP contribution in [0.3, 0.4) is 0 Å². The highest BCUT2D eigenvalue weighted by atomic mass is 31.2. The molecule has 0 bridgehead atoms. The van der Waals surface area contributed by atoms with E-state index < -0.39 is 45.0 Å². The van der Waals surface area contributed by atoms with E-state index in [1.807, 2.05) is 24.3 Å². The molecular formula is C23H42N2O7P2. The fourth-order valence-electron chi connectivity index (χ4n) is 3.02. The van der Waals surface area contributed by atoms with E-state index in [-0.39, 0.29) is 6.54 Å². The predicted molar refractivity (Wildman–Crippen MR) is 137 cm³/mol. The number of methoxy groups -OCH3 is 1. The van der Waals surface area contributed by atoms with Crippen LogP contribution in [0.4, 0.5) is 0 Å². The number of hydrogen-bond donors (Lipinski definition) is 0. The van der Waals surface area contributed by atoms with E-state index in [1.165, 1.54) is 5.01 Å². The Labute approximate surface area is 205 Å². The molecule has 0 aromatic heterocycles. The SMILES string of the molecule is COc1ccc(/C=N/N(C)CC(P(=O)(OC(C)C)OC(C)C)P(=O)(OC(C)C)OC(C)C)cc1. The van der Waals surface area contributed by atoms with Crippen LogP contribution in [0.2, 0.25) is 0 Å².